The van der Waals surface area contributed by atoms with Gasteiger partial charge in [-0.2, -0.15) is 28.5 Å². The number of nitrogens with zero attached hydrogens (tertiary/aromatic N) is 3. The van der Waals surface area contributed by atoms with Crippen LogP contribution in [0.5, 0.6) is 5.75 Å². The van der Waals surface area contributed by atoms with Crippen LogP contribution in [0.3, 0.4) is 0 Å². The zero-order valence-corrected chi connectivity index (χ0v) is 19.7. The fraction of sp³-hybridized carbons (Fsp3) is 0.0714. The Kier molecular flexibility index (Phi) is 7.63. The summed E-state index contributed by atoms with van der Waals surface area (Å²) in [7, 11) is 0. The first kappa shape index (κ1) is 26.2. The Labute approximate surface area is 215 Å². The first-order valence-electron chi connectivity index (χ1n) is 11.3. The highest BCUT2D eigenvalue weighted by atomic mass is 19.4. The smallest absolute Gasteiger partial charge is 0.416 e. The molecular weight excluding hydrogens is 497 g/mol. The van der Waals surface area contributed by atoms with Crippen LogP contribution >= 0.6 is 0 Å². The monoisotopic (exact) mass is 518 g/mol. The fourth-order valence-corrected chi connectivity index (χ4v) is 3.60. The summed E-state index contributed by atoms with van der Waals surface area (Å²) in [4.78, 5) is 13.1. The summed E-state index contributed by atoms with van der Waals surface area (Å²) in [5.41, 5.74) is 0.440. The number of hydrogen-bond acceptors (Lipinski definition) is 6. The van der Waals surface area contributed by atoms with E-state index in [1.807, 2.05) is 0 Å². The van der Waals surface area contributed by atoms with Crippen LogP contribution in [0, 0.1) is 0 Å². The Morgan fingerprint density at radius 3 is 1.87 bits per heavy atom. The van der Waals surface area contributed by atoms with Crippen LogP contribution in [0.1, 0.15) is 22.3 Å². The maximum Gasteiger partial charge on any atom is 0.416 e. The molecule has 0 radical (unpaired) electrons. The average molecular weight is 518 g/mol. The lowest BCUT2D eigenvalue weighted by Crippen LogP contribution is -2.43. The topological polar surface area (TPSA) is 107 Å². The van der Waals surface area contributed by atoms with E-state index in [2.05, 4.69) is 20.8 Å². The van der Waals surface area contributed by atoms with Crippen molar-refractivity contribution < 1.29 is 28.2 Å². The van der Waals surface area contributed by atoms with Crippen molar-refractivity contribution in [2.75, 3.05) is 0 Å². The summed E-state index contributed by atoms with van der Waals surface area (Å²) in [6.45, 7) is 0. The van der Waals surface area contributed by atoms with Crippen molar-refractivity contribution in [2.45, 2.75) is 11.8 Å². The number of amides is 1. The van der Waals surface area contributed by atoms with Crippen LogP contribution in [0.2, 0.25) is 0 Å². The van der Waals surface area contributed by atoms with E-state index in [1.165, 1.54) is 30.3 Å². The number of nitrogens with one attached hydrogen (secondary N) is 1. The van der Waals surface area contributed by atoms with Gasteiger partial charge in [0.25, 0.3) is 5.91 Å². The van der Waals surface area contributed by atoms with Gasteiger partial charge in [0.1, 0.15) is 5.75 Å². The van der Waals surface area contributed by atoms with E-state index < -0.39 is 23.2 Å². The van der Waals surface area contributed by atoms with Crippen molar-refractivity contribution in [1.29, 1.82) is 0 Å². The van der Waals surface area contributed by atoms with Crippen molar-refractivity contribution in [3.63, 3.8) is 0 Å². The van der Waals surface area contributed by atoms with E-state index >= 15 is 0 Å². The molecule has 0 aliphatic rings. The van der Waals surface area contributed by atoms with Gasteiger partial charge in [-0.05, 0) is 47.5 Å². The van der Waals surface area contributed by atoms with Gasteiger partial charge < -0.3 is 10.2 Å². The van der Waals surface area contributed by atoms with Crippen LogP contribution < -0.4 is 5.43 Å². The molecule has 0 atom stereocenters. The zero-order chi connectivity index (χ0) is 27.2. The first-order valence-corrected chi connectivity index (χ1v) is 11.3. The molecule has 7 nitrogen and oxygen atoms in total. The molecule has 4 aromatic carbocycles. The number of alkyl halides is 3. The van der Waals surface area contributed by atoms with Crippen molar-refractivity contribution in [3.05, 3.63) is 125 Å². The third-order valence-corrected chi connectivity index (χ3v) is 5.55. The molecule has 0 heterocycles. The SMILES string of the molecule is O=C(NN=Cc1cc(N=Nc2cccc(C(F)(F)F)c2)ccc1O)C(O)(c1ccccc1)c1ccccc1. The highest BCUT2D eigenvalue weighted by Crippen LogP contribution is 2.32. The largest absolute Gasteiger partial charge is 0.507 e. The van der Waals surface area contributed by atoms with Gasteiger partial charge in [0.15, 0.2) is 5.60 Å². The Hall–Kier alpha value is -4.83. The minimum absolute atomic E-state index is 0.00325. The predicted octanol–water partition coefficient (Wildman–Crippen LogP) is 6.21. The summed E-state index contributed by atoms with van der Waals surface area (Å²) in [5, 5.41) is 33.2. The standard InChI is InChI=1S/C28H21F3N4O3/c29-28(30,31)22-12-7-13-23(17-22)33-34-24-14-15-25(36)19(16-24)18-32-35-26(37)27(38,20-8-3-1-4-9-20)21-10-5-2-6-11-21/h1-18,36,38H,(H,35,37). The first-order chi connectivity index (χ1) is 18.2. The van der Waals surface area contributed by atoms with Crippen molar-refractivity contribution in [2.24, 2.45) is 15.3 Å². The number of rotatable bonds is 7. The second kappa shape index (κ2) is 11.1. The fourth-order valence-electron chi connectivity index (χ4n) is 3.60. The molecule has 0 aromatic heterocycles. The Bertz CT molecular complexity index is 1430. The van der Waals surface area contributed by atoms with Gasteiger partial charge >= 0.3 is 6.18 Å². The van der Waals surface area contributed by atoms with Gasteiger partial charge in [-0.25, -0.2) is 5.43 Å². The Morgan fingerprint density at radius 2 is 1.29 bits per heavy atom. The zero-order valence-electron chi connectivity index (χ0n) is 19.7. The molecule has 0 bridgehead atoms. The molecule has 4 rings (SSSR count). The second-order valence-electron chi connectivity index (χ2n) is 8.13. The molecule has 0 aliphatic carbocycles. The molecule has 0 fully saturated rings. The molecule has 0 aliphatic heterocycles. The molecule has 0 saturated heterocycles. The highest BCUT2D eigenvalue weighted by molar-refractivity contribution is 5.91. The normalized spacial score (nSPS) is 12.2. The van der Waals surface area contributed by atoms with E-state index in [-0.39, 0.29) is 22.7 Å². The lowest BCUT2D eigenvalue weighted by Gasteiger charge is -2.27. The summed E-state index contributed by atoms with van der Waals surface area (Å²) < 4.78 is 38.7. The van der Waals surface area contributed by atoms with Gasteiger partial charge in [0.2, 0.25) is 0 Å². The highest BCUT2D eigenvalue weighted by Gasteiger charge is 2.39. The van der Waals surface area contributed by atoms with E-state index in [0.717, 1.165) is 18.3 Å². The van der Waals surface area contributed by atoms with E-state index in [0.29, 0.717) is 11.1 Å². The second-order valence-corrected chi connectivity index (χ2v) is 8.13. The quantitative estimate of drug-likeness (QED) is 0.154. The summed E-state index contributed by atoms with van der Waals surface area (Å²) >= 11 is 0. The van der Waals surface area contributed by atoms with Crippen LogP contribution in [0.15, 0.2) is 118 Å². The molecule has 0 saturated carbocycles. The van der Waals surface area contributed by atoms with Gasteiger partial charge in [-0.15, -0.1) is 0 Å². The molecule has 192 valence electrons. The molecule has 38 heavy (non-hydrogen) atoms. The van der Waals surface area contributed by atoms with Gasteiger partial charge in [0, 0.05) is 5.56 Å². The number of azo groups is 1. The number of hydrazone groups is 1. The van der Waals surface area contributed by atoms with Gasteiger partial charge in [-0.3, -0.25) is 4.79 Å². The number of carbonyl (C=O) groups is 1. The lowest BCUT2D eigenvalue weighted by molar-refractivity contribution is -0.137. The Morgan fingerprint density at radius 1 is 0.737 bits per heavy atom. The Balaban J connectivity index is 1.54. The number of carbonyl (C=O) groups excluding carboxylic acids is 1. The van der Waals surface area contributed by atoms with E-state index in [4.69, 9.17) is 0 Å². The number of aliphatic hydroxyl groups is 1. The third kappa shape index (κ3) is 5.93. The molecular formula is C28H21F3N4O3. The van der Waals surface area contributed by atoms with Crippen molar-refractivity contribution in [3.8, 4) is 5.75 Å². The maximum atomic E-state index is 13.1. The van der Waals surface area contributed by atoms with Crippen LogP contribution in [0.4, 0.5) is 24.5 Å². The van der Waals surface area contributed by atoms with Gasteiger partial charge in [-0.1, -0.05) is 66.7 Å². The van der Waals surface area contributed by atoms with Crippen LogP contribution in [-0.4, -0.2) is 22.3 Å². The number of aromatic hydroxyl groups is 1. The average Bonchev–Trinajstić information content (AvgIpc) is 2.93. The predicted molar refractivity (Wildman–Crippen MR) is 135 cm³/mol. The minimum Gasteiger partial charge on any atom is -0.507 e. The van der Waals surface area contributed by atoms with Gasteiger partial charge in [0.05, 0.1) is 23.2 Å². The third-order valence-electron chi connectivity index (χ3n) is 5.55. The summed E-state index contributed by atoms with van der Waals surface area (Å²) in [6, 6.07) is 25.2. The lowest BCUT2D eigenvalue weighted by atomic mass is 9.85. The number of phenolic OH excluding ortho intramolecular Hbond substituents is 1. The number of hydrogen-bond donors (Lipinski definition) is 3. The van der Waals surface area contributed by atoms with Crippen LogP contribution in [0.25, 0.3) is 0 Å². The van der Waals surface area contributed by atoms with Crippen molar-refractivity contribution in [1.82, 2.24) is 5.43 Å². The molecule has 4 aromatic rings. The number of benzene rings is 4. The van der Waals surface area contributed by atoms with Crippen molar-refractivity contribution >= 4 is 23.5 Å². The molecule has 0 spiro atoms. The van der Waals surface area contributed by atoms with E-state index in [9.17, 15) is 28.2 Å². The number of phenols is 1. The summed E-state index contributed by atoms with van der Waals surface area (Å²) in [5.74, 6) is -1.02. The minimum atomic E-state index is -4.51. The molecule has 3 N–H and O–H groups in total. The molecule has 0 unspecified atom stereocenters. The molecule has 1 amide bonds. The van der Waals surface area contributed by atoms with E-state index in [1.54, 1.807) is 60.7 Å². The van der Waals surface area contributed by atoms with Crippen LogP contribution in [-0.2, 0) is 16.6 Å². The number of halogens is 3. The molecule has 10 heteroatoms. The maximum absolute atomic E-state index is 13.1. The summed E-state index contributed by atoms with van der Waals surface area (Å²) in [6.07, 6.45) is -3.36.